The molecule has 0 atom stereocenters. The van der Waals surface area contributed by atoms with E-state index >= 15 is 0 Å². The van der Waals surface area contributed by atoms with Crippen LogP contribution in [-0.4, -0.2) is 20.0 Å². The van der Waals surface area contributed by atoms with Crippen molar-refractivity contribution in [2.24, 2.45) is 0 Å². The van der Waals surface area contributed by atoms with Crippen LogP contribution in [0.3, 0.4) is 0 Å². The average molecular weight is 281 g/mol. The molecule has 4 heteroatoms. The van der Waals surface area contributed by atoms with Gasteiger partial charge in [0.05, 0.1) is 19.9 Å². The molecular weight excluding hydrogens is 266 g/mol. The fourth-order valence-corrected chi connectivity index (χ4v) is 2.32. The Hall–Kier alpha value is -2.75. The molecule has 0 saturated carbocycles. The van der Waals surface area contributed by atoms with Crippen LogP contribution in [0.15, 0.2) is 48.2 Å². The van der Waals surface area contributed by atoms with Crippen molar-refractivity contribution < 1.29 is 14.3 Å². The molecule has 4 nitrogen and oxygen atoms in total. The Morgan fingerprint density at radius 3 is 2.29 bits per heavy atom. The highest BCUT2D eigenvalue weighted by molar-refractivity contribution is 6.20. The number of carbonyl (C=O) groups excluding carboxylic acids is 1. The predicted octanol–water partition coefficient (Wildman–Crippen LogP) is 3.35. The van der Waals surface area contributed by atoms with Crippen molar-refractivity contribution in [2.75, 3.05) is 19.5 Å². The van der Waals surface area contributed by atoms with Crippen LogP contribution >= 0.6 is 0 Å². The van der Waals surface area contributed by atoms with Crippen molar-refractivity contribution in [3.63, 3.8) is 0 Å². The molecule has 0 unspecified atom stereocenters. The number of anilines is 1. The van der Waals surface area contributed by atoms with Gasteiger partial charge in [0.25, 0.3) is 0 Å². The van der Waals surface area contributed by atoms with Crippen LogP contribution in [0.2, 0.25) is 0 Å². The van der Waals surface area contributed by atoms with Gasteiger partial charge in [0, 0.05) is 17.3 Å². The molecule has 106 valence electrons. The van der Waals surface area contributed by atoms with E-state index in [1.165, 1.54) is 0 Å². The third-order valence-corrected chi connectivity index (χ3v) is 3.37. The van der Waals surface area contributed by atoms with E-state index in [0.29, 0.717) is 22.8 Å². The Balaban J connectivity index is 1.99. The first kappa shape index (κ1) is 13.2. The zero-order chi connectivity index (χ0) is 14.8. The van der Waals surface area contributed by atoms with Crippen LogP contribution in [0.1, 0.15) is 15.9 Å². The number of ketones is 1. The smallest absolute Gasteiger partial charge is 0.211 e. The fraction of sp³-hybridized carbons (Fsp3) is 0.118. The molecule has 2 aromatic carbocycles. The van der Waals surface area contributed by atoms with E-state index in [1.54, 1.807) is 26.4 Å². The summed E-state index contributed by atoms with van der Waals surface area (Å²) in [5, 5.41) is 3.14. The lowest BCUT2D eigenvalue weighted by atomic mass is 10.1. The van der Waals surface area contributed by atoms with Gasteiger partial charge in [-0.25, -0.2) is 0 Å². The maximum absolute atomic E-state index is 12.3. The topological polar surface area (TPSA) is 47.6 Å². The number of methoxy groups -OCH3 is 2. The van der Waals surface area contributed by atoms with E-state index < -0.39 is 0 Å². The summed E-state index contributed by atoms with van der Waals surface area (Å²) in [6.07, 6.45) is 1.80. The van der Waals surface area contributed by atoms with Crippen molar-refractivity contribution in [3.05, 3.63) is 59.3 Å². The van der Waals surface area contributed by atoms with Crippen molar-refractivity contribution >= 4 is 17.5 Å². The monoisotopic (exact) mass is 281 g/mol. The van der Waals surface area contributed by atoms with Crippen molar-refractivity contribution in [1.29, 1.82) is 0 Å². The van der Waals surface area contributed by atoms with E-state index in [1.807, 2.05) is 36.4 Å². The lowest BCUT2D eigenvalue weighted by Gasteiger charge is -2.06. The number of carbonyl (C=O) groups is 1. The SMILES string of the molecule is COc1cc(/C=C2/Nc3ccccc3C2=O)cc(OC)c1. The number of fused-ring (bicyclic) bond motifs is 1. The molecule has 0 amide bonds. The minimum Gasteiger partial charge on any atom is -0.497 e. The summed E-state index contributed by atoms with van der Waals surface area (Å²) in [6.45, 7) is 0. The van der Waals surface area contributed by atoms with Crippen LogP contribution in [-0.2, 0) is 0 Å². The van der Waals surface area contributed by atoms with Crippen molar-refractivity contribution in [1.82, 2.24) is 0 Å². The quantitative estimate of drug-likeness (QED) is 0.876. The van der Waals surface area contributed by atoms with Crippen LogP contribution in [0.5, 0.6) is 11.5 Å². The molecule has 1 N–H and O–H groups in total. The second-order valence-electron chi connectivity index (χ2n) is 4.70. The van der Waals surface area contributed by atoms with Gasteiger partial charge >= 0.3 is 0 Å². The van der Waals surface area contributed by atoms with Gasteiger partial charge in [-0.1, -0.05) is 12.1 Å². The summed E-state index contributed by atoms with van der Waals surface area (Å²) >= 11 is 0. The second kappa shape index (κ2) is 5.32. The lowest BCUT2D eigenvalue weighted by molar-refractivity contribution is 0.104. The molecule has 2 aromatic rings. The highest BCUT2D eigenvalue weighted by Gasteiger charge is 2.23. The maximum Gasteiger partial charge on any atom is 0.211 e. The number of para-hydroxylation sites is 1. The molecule has 0 aliphatic carbocycles. The highest BCUT2D eigenvalue weighted by Crippen LogP contribution is 2.30. The van der Waals surface area contributed by atoms with Gasteiger partial charge in [0.2, 0.25) is 5.78 Å². The Kier molecular flexibility index (Phi) is 3.36. The van der Waals surface area contributed by atoms with E-state index in [2.05, 4.69) is 5.32 Å². The molecule has 1 aliphatic rings. The number of benzene rings is 2. The molecule has 0 saturated heterocycles. The predicted molar refractivity (Wildman–Crippen MR) is 81.9 cm³/mol. The summed E-state index contributed by atoms with van der Waals surface area (Å²) in [4.78, 5) is 12.3. The van der Waals surface area contributed by atoms with Crippen molar-refractivity contribution in [3.8, 4) is 11.5 Å². The van der Waals surface area contributed by atoms with Crippen molar-refractivity contribution in [2.45, 2.75) is 0 Å². The van der Waals surface area contributed by atoms with Gasteiger partial charge < -0.3 is 14.8 Å². The molecule has 0 fully saturated rings. The number of ether oxygens (including phenoxy) is 2. The maximum atomic E-state index is 12.3. The van der Waals surface area contributed by atoms with E-state index in [-0.39, 0.29) is 5.78 Å². The molecular formula is C17H15NO3. The Bertz CT molecular complexity index is 712. The highest BCUT2D eigenvalue weighted by atomic mass is 16.5. The minimum absolute atomic E-state index is 0.00705. The summed E-state index contributed by atoms with van der Waals surface area (Å²) in [5.41, 5.74) is 2.92. The number of rotatable bonds is 3. The lowest BCUT2D eigenvalue weighted by Crippen LogP contribution is -2.00. The standard InChI is InChI=1S/C17H15NO3/c1-20-12-7-11(8-13(10-12)21-2)9-16-17(19)14-5-3-4-6-15(14)18-16/h3-10,18H,1-2H3/b16-9+. The van der Waals surface area contributed by atoms with Crippen LogP contribution in [0, 0.1) is 0 Å². The normalized spacial score (nSPS) is 14.8. The molecule has 0 spiro atoms. The number of allylic oxidation sites excluding steroid dienone is 1. The van der Waals surface area contributed by atoms with Gasteiger partial charge in [-0.15, -0.1) is 0 Å². The number of hydrogen-bond acceptors (Lipinski definition) is 4. The van der Waals surface area contributed by atoms with Gasteiger partial charge in [0.1, 0.15) is 11.5 Å². The first-order valence-corrected chi connectivity index (χ1v) is 6.57. The second-order valence-corrected chi connectivity index (χ2v) is 4.70. The van der Waals surface area contributed by atoms with Gasteiger partial charge in [-0.2, -0.15) is 0 Å². The zero-order valence-corrected chi connectivity index (χ0v) is 11.8. The molecule has 0 aromatic heterocycles. The van der Waals surface area contributed by atoms with E-state index in [4.69, 9.17) is 9.47 Å². The summed E-state index contributed by atoms with van der Waals surface area (Å²) < 4.78 is 10.5. The van der Waals surface area contributed by atoms with Gasteiger partial charge in [0.15, 0.2) is 0 Å². The van der Waals surface area contributed by atoms with Gasteiger partial charge in [-0.3, -0.25) is 4.79 Å². The molecule has 0 bridgehead atoms. The van der Waals surface area contributed by atoms with Gasteiger partial charge in [-0.05, 0) is 35.9 Å². The molecule has 21 heavy (non-hydrogen) atoms. The average Bonchev–Trinajstić information content (AvgIpc) is 2.83. The zero-order valence-electron chi connectivity index (χ0n) is 11.8. The molecule has 1 heterocycles. The summed E-state index contributed by atoms with van der Waals surface area (Å²) in [6, 6.07) is 13.0. The van der Waals surface area contributed by atoms with Crippen LogP contribution in [0.25, 0.3) is 6.08 Å². The largest absolute Gasteiger partial charge is 0.497 e. The Morgan fingerprint density at radius 1 is 1.00 bits per heavy atom. The first-order valence-electron chi connectivity index (χ1n) is 6.57. The Labute approximate surface area is 123 Å². The van der Waals surface area contributed by atoms with Crippen LogP contribution < -0.4 is 14.8 Å². The minimum atomic E-state index is -0.00705. The third-order valence-electron chi connectivity index (χ3n) is 3.37. The number of Topliss-reactive ketones (excluding diaryl/α,β-unsaturated/α-hetero) is 1. The molecule has 3 rings (SSSR count). The first-order chi connectivity index (χ1) is 10.2. The van der Waals surface area contributed by atoms with E-state index in [9.17, 15) is 4.79 Å². The fourth-order valence-electron chi connectivity index (χ4n) is 2.32. The Morgan fingerprint density at radius 2 is 1.67 bits per heavy atom. The summed E-state index contributed by atoms with van der Waals surface area (Å²) in [5.74, 6) is 1.36. The molecule has 1 aliphatic heterocycles. The molecule has 0 radical (unpaired) electrons. The van der Waals surface area contributed by atoms with E-state index in [0.717, 1.165) is 11.3 Å². The third kappa shape index (κ3) is 2.48. The summed E-state index contributed by atoms with van der Waals surface area (Å²) in [7, 11) is 3.20. The number of nitrogens with one attached hydrogen (secondary N) is 1. The van der Waals surface area contributed by atoms with Crippen LogP contribution in [0.4, 0.5) is 5.69 Å². The number of hydrogen-bond donors (Lipinski definition) is 1.